The first-order valence-corrected chi connectivity index (χ1v) is 6.94. The van der Waals surface area contributed by atoms with E-state index in [1.807, 2.05) is 24.7 Å². The number of hydrogen-bond acceptors (Lipinski definition) is 5. The zero-order valence-electron chi connectivity index (χ0n) is 12.0. The zero-order valence-corrected chi connectivity index (χ0v) is 12.8. The Balaban J connectivity index is 0.000000621. The summed E-state index contributed by atoms with van der Waals surface area (Å²) in [5, 5.41) is 0. The van der Waals surface area contributed by atoms with E-state index in [0.717, 1.165) is 6.54 Å². The van der Waals surface area contributed by atoms with Crippen LogP contribution in [0, 0.1) is 10.2 Å². The minimum absolute atomic E-state index is 0.905. The standard InChI is InChI=1S/C13H19N2.ClHO4/c1-14(2)10-13(11-15(3)4)12-8-6-5-7-9-12;2-1(3,4)5/h5-9H,10H2,1-4H3;(H,2,3,4,5)/q+1;/p-1. The second-order valence-corrected chi connectivity index (χ2v) is 5.22. The maximum atomic E-state index is 8.49. The maximum absolute atomic E-state index is 8.49. The zero-order chi connectivity index (χ0) is 15.8. The van der Waals surface area contributed by atoms with Crippen molar-refractivity contribution in [2.24, 2.45) is 0 Å². The molecule has 0 N–H and O–H groups in total. The van der Waals surface area contributed by atoms with Crippen molar-refractivity contribution in [1.82, 2.24) is 4.90 Å². The molecule has 112 valence electrons. The molecule has 0 spiro atoms. The molecule has 7 heteroatoms. The van der Waals surface area contributed by atoms with Crippen molar-refractivity contribution in [2.45, 2.75) is 0 Å². The predicted molar refractivity (Wildman–Crippen MR) is 65.5 cm³/mol. The van der Waals surface area contributed by atoms with Crippen molar-refractivity contribution in [3.8, 4) is 0 Å². The SMILES string of the molecule is CN(C)CC(=C=[N+](C)C)c1ccccc1.[O-][Cl+3]([O-])([O-])[O-]. The lowest BCUT2D eigenvalue weighted by Gasteiger charge is -2.17. The molecule has 0 radical (unpaired) electrons. The third-order valence-corrected chi connectivity index (χ3v) is 1.96. The number of halogens is 1. The van der Waals surface area contributed by atoms with Gasteiger partial charge in [0.25, 0.3) is 0 Å². The van der Waals surface area contributed by atoms with Gasteiger partial charge in [-0.1, -0.05) is 30.3 Å². The lowest BCUT2D eigenvalue weighted by atomic mass is 10.1. The van der Waals surface area contributed by atoms with Crippen molar-refractivity contribution < 1.29 is 33.5 Å². The van der Waals surface area contributed by atoms with Crippen LogP contribution in [-0.4, -0.2) is 50.1 Å². The molecule has 1 aromatic rings. The molecule has 20 heavy (non-hydrogen) atoms. The van der Waals surface area contributed by atoms with Gasteiger partial charge in [-0.3, -0.25) is 0 Å². The number of likely N-dealkylation sites (N-methyl/N-ethyl adjacent to an activating group) is 1. The van der Waals surface area contributed by atoms with Crippen LogP contribution in [-0.2, 0) is 0 Å². The van der Waals surface area contributed by atoms with Crippen LogP contribution in [0.3, 0.4) is 0 Å². The Morgan fingerprint density at radius 1 is 1.10 bits per heavy atom. The van der Waals surface area contributed by atoms with E-state index >= 15 is 0 Å². The van der Waals surface area contributed by atoms with Gasteiger partial charge >= 0.3 is 0 Å². The third kappa shape index (κ3) is 11.8. The van der Waals surface area contributed by atoms with Gasteiger partial charge in [0, 0.05) is 6.54 Å². The van der Waals surface area contributed by atoms with Crippen LogP contribution in [0.5, 0.6) is 0 Å². The summed E-state index contributed by atoms with van der Waals surface area (Å²) in [6.45, 7) is 0.905. The first-order valence-electron chi connectivity index (χ1n) is 5.71. The van der Waals surface area contributed by atoms with Crippen LogP contribution >= 0.6 is 0 Å². The van der Waals surface area contributed by atoms with E-state index in [1.165, 1.54) is 11.1 Å². The van der Waals surface area contributed by atoms with Crippen LogP contribution in [0.25, 0.3) is 5.57 Å². The topological polar surface area (TPSA) is 98.5 Å². The van der Waals surface area contributed by atoms with E-state index in [0.29, 0.717) is 0 Å². The molecule has 0 atom stereocenters. The summed E-state index contributed by atoms with van der Waals surface area (Å²) in [7, 11) is 3.19. The molecule has 0 bridgehead atoms. The average Bonchev–Trinajstić information content (AvgIpc) is 2.26. The molecule has 0 fully saturated rings. The first-order chi connectivity index (χ1) is 9.09. The highest BCUT2D eigenvalue weighted by Gasteiger charge is 2.04. The van der Waals surface area contributed by atoms with Crippen molar-refractivity contribution in [1.29, 1.82) is 0 Å². The highest BCUT2D eigenvalue weighted by Crippen LogP contribution is 2.10. The van der Waals surface area contributed by atoms with Gasteiger partial charge in [-0.25, -0.2) is 18.6 Å². The largest absolute Gasteiger partial charge is 0.304 e. The predicted octanol–water partition coefficient (Wildman–Crippen LogP) is -3.18. The van der Waals surface area contributed by atoms with Crippen molar-refractivity contribution in [3.05, 3.63) is 35.9 Å². The van der Waals surface area contributed by atoms with Gasteiger partial charge in [0.15, 0.2) is 5.87 Å². The summed E-state index contributed by atoms with van der Waals surface area (Å²) in [5.74, 6) is 3.34. The normalized spacial score (nSPS) is 10.4. The lowest BCUT2D eigenvalue weighted by Crippen LogP contribution is -2.68. The molecule has 0 aliphatic rings. The fraction of sp³-hybridized carbons (Fsp3) is 0.385. The number of hydrogen-bond donors (Lipinski definition) is 0. The van der Waals surface area contributed by atoms with Gasteiger partial charge in [-0.2, -0.15) is 4.58 Å². The van der Waals surface area contributed by atoms with Gasteiger partial charge in [-0.15, -0.1) is 10.2 Å². The van der Waals surface area contributed by atoms with Gasteiger partial charge in [0.2, 0.25) is 0 Å². The Labute approximate surface area is 121 Å². The third-order valence-electron chi connectivity index (χ3n) is 1.96. The smallest absolute Gasteiger partial charge is 0.172 e. The lowest BCUT2D eigenvalue weighted by molar-refractivity contribution is -2.00. The number of benzene rings is 1. The molecule has 0 aliphatic heterocycles. The molecule has 0 saturated carbocycles. The first kappa shape index (κ1) is 18.8. The number of nitrogens with zero attached hydrogens (tertiary/aromatic N) is 2. The monoisotopic (exact) mass is 302 g/mol. The minimum atomic E-state index is -4.94. The van der Waals surface area contributed by atoms with E-state index in [1.54, 1.807) is 0 Å². The highest BCUT2D eigenvalue weighted by atomic mass is 35.7. The number of rotatable bonds is 3. The molecule has 1 rings (SSSR count). The van der Waals surface area contributed by atoms with E-state index in [9.17, 15) is 0 Å². The molecule has 6 nitrogen and oxygen atoms in total. The molecular weight excluding hydrogens is 284 g/mol. The van der Waals surface area contributed by atoms with Crippen LogP contribution in [0.4, 0.5) is 0 Å². The molecule has 0 saturated heterocycles. The van der Waals surface area contributed by atoms with Crippen molar-refractivity contribution in [3.63, 3.8) is 0 Å². The Hall–Kier alpha value is -1.24. The second kappa shape index (κ2) is 8.84. The van der Waals surface area contributed by atoms with Crippen LogP contribution in [0.2, 0.25) is 0 Å². The van der Waals surface area contributed by atoms with Crippen LogP contribution in [0.1, 0.15) is 5.56 Å². The van der Waals surface area contributed by atoms with Crippen molar-refractivity contribution in [2.75, 3.05) is 34.7 Å². The van der Waals surface area contributed by atoms with Gasteiger partial charge < -0.3 is 4.90 Å². The van der Waals surface area contributed by atoms with Gasteiger partial charge in [-0.05, 0) is 19.7 Å². The molecule has 0 heterocycles. The molecule has 1 aromatic carbocycles. The fourth-order valence-electron chi connectivity index (χ4n) is 1.42. The van der Waals surface area contributed by atoms with Crippen LogP contribution in [0.15, 0.2) is 30.3 Å². The Kier molecular flexibility index (Phi) is 8.29. The molecule has 0 unspecified atom stereocenters. The summed E-state index contributed by atoms with van der Waals surface area (Å²) < 4.78 is 35.9. The second-order valence-electron chi connectivity index (χ2n) is 4.47. The van der Waals surface area contributed by atoms with E-state index in [2.05, 4.69) is 49.1 Å². The van der Waals surface area contributed by atoms with Crippen LogP contribution < -0.4 is 18.6 Å². The molecule has 0 aromatic heterocycles. The molecule has 0 amide bonds. The highest BCUT2D eigenvalue weighted by molar-refractivity contribution is 5.88. The van der Waals surface area contributed by atoms with Crippen molar-refractivity contribution >= 4 is 11.4 Å². The summed E-state index contributed by atoms with van der Waals surface area (Å²) in [5.41, 5.74) is 2.45. The van der Waals surface area contributed by atoms with Gasteiger partial charge in [0.1, 0.15) is 14.1 Å². The van der Waals surface area contributed by atoms with E-state index in [-0.39, 0.29) is 0 Å². The summed E-state index contributed by atoms with van der Waals surface area (Å²) in [6, 6.07) is 10.4. The van der Waals surface area contributed by atoms with Gasteiger partial charge in [0.05, 0.1) is 5.57 Å². The summed E-state index contributed by atoms with van der Waals surface area (Å²) in [4.78, 5) is 2.15. The Bertz CT molecular complexity index is 453. The summed E-state index contributed by atoms with van der Waals surface area (Å²) in [6.07, 6.45) is 0. The maximum Gasteiger partial charge on any atom is 0.172 e. The quantitative estimate of drug-likeness (QED) is 0.433. The molecular formula is C13H19ClN2O4. The average molecular weight is 303 g/mol. The minimum Gasteiger partial charge on any atom is -0.304 e. The van der Waals surface area contributed by atoms with E-state index < -0.39 is 10.2 Å². The van der Waals surface area contributed by atoms with E-state index in [4.69, 9.17) is 18.6 Å². The Morgan fingerprint density at radius 3 is 1.90 bits per heavy atom. The molecule has 0 aliphatic carbocycles. The summed E-state index contributed by atoms with van der Waals surface area (Å²) >= 11 is 0. The Morgan fingerprint density at radius 2 is 1.55 bits per heavy atom. The fourth-order valence-corrected chi connectivity index (χ4v) is 1.42.